The van der Waals surface area contributed by atoms with Crippen LogP contribution in [0.1, 0.15) is 30.1 Å². The number of hydrogen-bond donors (Lipinski definition) is 0. The average molecular weight is 284 g/mol. The minimum Gasteiger partial charge on any atom is -0.339 e. The first-order chi connectivity index (χ1) is 10.1. The Labute approximate surface area is 124 Å². The summed E-state index contributed by atoms with van der Waals surface area (Å²) in [7, 11) is 1.87. The highest BCUT2D eigenvalue weighted by atomic mass is 16.2. The summed E-state index contributed by atoms with van der Waals surface area (Å²) in [6.07, 6.45) is 7.54. The Bertz CT molecular complexity index is 624. The van der Waals surface area contributed by atoms with Crippen molar-refractivity contribution in [2.45, 2.75) is 19.8 Å². The van der Waals surface area contributed by atoms with Gasteiger partial charge in [0.2, 0.25) is 0 Å². The number of pyridine rings is 1. The molecule has 5 nitrogen and oxygen atoms in total. The van der Waals surface area contributed by atoms with Gasteiger partial charge in [0.1, 0.15) is 0 Å². The number of rotatable bonds is 2. The fraction of sp³-hybridized carbons (Fsp3) is 0.438. The van der Waals surface area contributed by atoms with Crippen molar-refractivity contribution in [2.24, 2.45) is 13.0 Å². The van der Waals surface area contributed by atoms with E-state index in [1.54, 1.807) is 17.1 Å². The van der Waals surface area contributed by atoms with Crippen LogP contribution in [0.5, 0.6) is 0 Å². The lowest BCUT2D eigenvalue weighted by Gasteiger charge is -2.30. The van der Waals surface area contributed by atoms with Crippen molar-refractivity contribution < 1.29 is 4.79 Å². The molecule has 3 rings (SSSR count). The van der Waals surface area contributed by atoms with Gasteiger partial charge in [-0.15, -0.1) is 0 Å². The van der Waals surface area contributed by atoms with Gasteiger partial charge < -0.3 is 4.90 Å². The maximum Gasteiger partial charge on any atom is 0.255 e. The van der Waals surface area contributed by atoms with Gasteiger partial charge in [-0.1, -0.05) is 6.92 Å². The van der Waals surface area contributed by atoms with E-state index in [9.17, 15) is 4.79 Å². The molecule has 0 atom stereocenters. The molecule has 2 aromatic heterocycles. The van der Waals surface area contributed by atoms with Crippen LogP contribution < -0.4 is 0 Å². The molecule has 1 aliphatic heterocycles. The summed E-state index contributed by atoms with van der Waals surface area (Å²) >= 11 is 0. The molecular formula is C16H20N4O. The first kappa shape index (κ1) is 13.8. The predicted octanol–water partition coefficient (Wildman–Crippen LogP) is 2.35. The molecule has 5 heteroatoms. The van der Waals surface area contributed by atoms with Crippen LogP contribution in [0.4, 0.5) is 0 Å². The second-order valence-corrected chi connectivity index (χ2v) is 5.81. The first-order valence-electron chi connectivity index (χ1n) is 7.38. The zero-order valence-electron chi connectivity index (χ0n) is 12.5. The molecule has 1 saturated heterocycles. The number of piperidine rings is 1. The van der Waals surface area contributed by atoms with Crippen molar-refractivity contribution in [3.8, 4) is 11.3 Å². The number of nitrogens with zero attached hydrogens (tertiary/aromatic N) is 4. The fourth-order valence-electron chi connectivity index (χ4n) is 2.64. The lowest BCUT2D eigenvalue weighted by molar-refractivity contribution is 0.0697. The van der Waals surface area contributed by atoms with E-state index in [2.05, 4.69) is 17.0 Å². The number of aromatic nitrogens is 3. The highest BCUT2D eigenvalue weighted by molar-refractivity contribution is 5.94. The van der Waals surface area contributed by atoms with Gasteiger partial charge in [0, 0.05) is 38.1 Å². The second kappa shape index (κ2) is 5.68. The van der Waals surface area contributed by atoms with Crippen LogP contribution in [0.15, 0.2) is 30.7 Å². The number of aryl methyl sites for hydroxylation is 1. The zero-order valence-corrected chi connectivity index (χ0v) is 12.5. The summed E-state index contributed by atoms with van der Waals surface area (Å²) in [5.74, 6) is 0.812. The molecule has 21 heavy (non-hydrogen) atoms. The zero-order chi connectivity index (χ0) is 14.8. The Morgan fingerprint density at radius 1 is 1.24 bits per heavy atom. The van der Waals surface area contributed by atoms with Crippen LogP contribution in [0.25, 0.3) is 11.3 Å². The maximum absolute atomic E-state index is 12.4. The number of hydrogen-bond acceptors (Lipinski definition) is 3. The molecule has 0 radical (unpaired) electrons. The Morgan fingerprint density at radius 2 is 2.00 bits per heavy atom. The average Bonchev–Trinajstić information content (AvgIpc) is 2.94. The van der Waals surface area contributed by atoms with E-state index < -0.39 is 0 Å². The molecule has 1 fully saturated rings. The van der Waals surface area contributed by atoms with Gasteiger partial charge >= 0.3 is 0 Å². The van der Waals surface area contributed by atoms with Gasteiger partial charge in [0.05, 0.1) is 17.5 Å². The number of carbonyl (C=O) groups excluding carboxylic acids is 1. The van der Waals surface area contributed by atoms with Crippen LogP contribution in [-0.4, -0.2) is 38.7 Å². The Hall–Kier alpha value is -2.17. The molecule has 0 aromatic carbocycles. The summed E-state index contributed by atoms with van der Waals surface area (Å²) in [5.41, 5.74) is 2.47. The summed E-state index contributed by atoms with van der Waals surface area (Å²) in [6, 6.07) is 3.74. The van der Waals surface area contributed by atoms with Gasteiger partial charge in [0.15, 0.2) is 0 Å². The molecule has 110 valence electrons. The molecule has 1 aliphatic rings. The van der Waals surface area contributed by atoms with E-state index in [1.807, 2.05) is 30.3 Å². The van der Waals surface area contributed by atoms with E-state index in [4.69, 9.17) is 0 Å². The normalized spacial score (nSPS) is 16.2. The molecule has 0 N–H and O–H groups in total. The van der Waals surface area contributed by atoms with Crippen LogP contribution in [-0.2, 0) is 7.05 Å². The SMILES string of the molecule is CC1CCN(C(=O)c2ccc(-c3cnn(C)c3)nc2)CC1. The fourth-order valence-corrected chi connectivity index (χ4v) is 2.64. The van der Waals surface area contributed by atoms with Crippen LogP contribution in [0.2, 0.25) is 0 Å². The highest BCUT2D eigenvalue weighted by Crippen LogP contribution is 2.19. The first-order valence-corrected chi connectivity index (χ1v) is 7.38. The van der Waals surface area contributed by atoms with Gasteiger partial charge in [0.25, 0.3) is 5.91 Å². The number of likely N-dealkylation sites (tertiary alicyclic amines) is 1. The van der Waals surface area contributed by atoms with Gasteiger partial charge in [-0.05, 0) is 30.9 Å². The van der Waals surface area contributed by atoms with Crippen molar-refractivity contribution in [1.82, 2.24) is 19.7 Å². The van der Waals surface area contributed by atoms with Crippen molar-refractivity contribution in [1.29, 1.82) is 0 Å². The van der Waals surface area contributed by atoms with E-state index in [-0.39, 0.29) is 5.91 Å². The molecule has 0 saturated carbocycles. The monoisotopic (exact) mass is 284 g/mol. The molecule has 0 spiro atoms. The van der Waals surface area contributed by atoms with Crippen molar-refractivity contribution in [2.75, 3.05) is 13.1 Å². The maximum atomic E-state index is 12.4. The quantitative estimate of drug-likeness (QED) is 0.850. The Morgan fingerprint density at radius 3 is 2.57 bits per heavy atom. The van der Waals surface area contributed by atoms with Gasteiger partial charge in [-0.2, -0.15) is 5.10 Å². The molecule has 0 bridgehead atoms. The van der Waals surface area contributed by atoms with E-state index >= 15 is 0 Å². The van der Waals surface area contributed by atoms with Crippen LogP contribution in [0, 0.1) is 5.92 Å². The number of amides is 1. The third-order valence-electron chi connectivity index (χ3n) is 4.08. The van der Waals surface area contributed by atoms with Gasteiger partial charge in [-0.3, -0.25) is 14.5 Å². The van der Waals surface area contributed by atoms with Crippen molar-refractivity contribution in [3.63, 3.8) is 0 Å². The van der Waals surface area contributed by atoms with Crippen LogP contribution in [0.3, 0.4) is 0 Å². The van der Waals surface area contributed by atoms with E-state index in [1.165, 1.54) is 0 Å². The van der Waals surface area contributed by atoms with Crippen molar-refractivity contribution >= 4 is 5.91 Å². The van der Waals surface area contributed by atoms with Gasteiger partial charge in [-0.25, -0.2) is 0 Å². The molecule has 1 amide bonds. The lowest BCUT2D eigenvalue weighted by atomic mass is 9.99. The largest absolute Gasteiger partial charge is 0.339 e. The van der Waals surface area contributed by atoms with E-state index in [0.29, 0.717) is 5.56 Å². The third kappa shape index (κ3) is 2.96. The molecule has 3 heterocycles. The van der Waals surface area contributed by atoms with Crippen LogP contribution >= 0.6 is 0 Å². The molecular weight excluding hydrogens is 264 g/mol. The second-order valence-electron chi connectivity index (χ2n) is 5.81. The van der Waals surface area contributed by atoms with Crippen molar-refractivity contribution in [3.05, 3.63) is 36.3 Å². The standard InChI is InChI=1S/C16H20N4O/c1-12-5-7-20(8-6-12)16(21)13-3-4-15(17-9-13)14-10-18-19(2)11-14/h3-4,9-12H,5-8H2,1-2H3. The minimum absolute atomic E-state index is 0.0899. The topological polar surface area (TPSA) is 51.0 Å². The molecule has 0 aliphatic carbocycles. The lowest BCUT2D eigenvalue weighted by Crippen LogP contribution is -2.37. The Kier molecular flexibility index (Phi) is 3.73. The summed E-state index contributed by atoms with van der Waals surface area (Å²) in [5, 5.41) is 4.13. The summed E-state index contributed by atoms with van der Waals surface area (Å²) in [6.45, 7) is 3.95. The molecule has 0 unspecified atom stereocenters. The molecule has 2 aromatic rings. The third-order valence-corrected chi connectivity index (χ3v) is 4.08. The Balaban J connectivity index is 1.73. The minimum atomic E-state index is 0.0899. The predicted molar refractivity (Wildman–Crippen MR) is 80.7 cm³/mol. The summed E-state index contributed by atoms with van der Waals surface area (Å²) in [4.78, 5) is 18.8. The highest BCUT2D eigenvalue weighted by Gasteiger charge is 2.21. The smallest absolute Gasteiger partial charge is 0.255 e. The number of carbonyl (C=O) groups is 1. The summed E-state index contributed by atoms with van der Waals surface area (Å²) < 4.78 is 1.74. The van der Waals surface area contributed by atoms with E-state index in [0.717, 1.165) is 43.1 Å².